The fourth-order valence-corrected chi connectivity index (χ4v) is 2.09. The highest BCUT2D eigenvalue weighted by Gasteiger charge is 2.24. The third-order valence-electron chi connectivity index (χ3n) is 3.35. The minimum absolute atomic E-state index is 0.489. The van der Waals surface area contributed by atoms with Gasteiger partial charge >= 0.3 is 0 Å². The number of nitrogens with zero attached hydrogens (tertiary/aromatic N) is 2. The summed E-state index contributed by atoms with van der Waals surface area (Å²) in [5, 5.41) is 11.8. The van der Waals surface area contributed by atoms with Gasteiger partial charge in [-0.15, -0.1) is 11.6 Å². The molecule has 1 amide bonds. The van der Waals surface area contributed by atoms with Gasteiger partial charge in [0, 0.05) is 18.0 Å². The predicted molar refractivity (Wildman–Crippen MR) is 85.6 cm³/mol. The molecule has 3 unspecified atom stereocenters. The number of hydrogen-bond donors (Lipinski definition) is 2. The number of alkyl halides is 2. The largest absolute Gasteiger partial charge is 0.386 e. The fourth-order valence-electron chi connectivity index (χ4n) is 2.03. The van der Waals surface area contributed by atoms with Gasteiger partial charge in [0.2, 0.25) is 5.91 Å². The SMILES string of the molecule is CC(Cl)C(=O)NC(CF)C(O)c1ccc(-c2cnccn2)cc1. The molecule has 1 aromatic carbocycles. The topological polar surface area (TPSA) is 75.1 Å². The van der Waals surface area contributed by atoms with Crippen molar-refractivity contribution in [2.24, 2.45) is 0 Å². The first kappa shape index (κ1) is 17.3. The van der Waals surface area contributed by atoms with E-state index in [1.165, 1.54) is 6.92 Å². The predicted octanol–water partition coefficient (Wildman–Crippen LogP) is 2.26. The van der Waals surface area contributed by atoms with Crippen LogP contribution in [-0.2, 0) is 4.79 Å². The summed E-state index contributed by atoms with van der Waals surface area (Å²) in [6, 6.07) is 5.78. The lowest BCUT2D eigenvalue weighted by Crippen LogP contribution is -2.43. The standard InChI is InChI=1S/C16H17ClFN3O2/c1-10(17)16(23)21-13(8-18)15(22)12-4-2-11(3-5-12)14-9-19-6-7-20-14/h2-7,9-10,13,15,22H,8H2,1H3,(H,21,23). The molecule has 0 fully saturated rings. The van der Waals surface area contributed by atoms with Gasteiger partial charge in [0.05, 0.1) is 17.9 Å². The van der Waals surface area contributed by atoms with Crippen molar-refractivity contribution < 1.29 is 14.3 Å². The molecule has 0 aliphatic rings. The van der Waals surface area contributed by atoms with Crippen LogP contribution in [0.4, 0.5) is 4.39 Å². The van der Waals surface area contributed by atoms with Gasteiger partial charge in [0.25, 0.3) is 0 Å². The summed E-state index contributed by atoms with van der Waals surface area (Å²) >= 11 is 5.64. The normalized spacial score (nSPS) is 14.8. The first-order valence-corrected chi connectivity index (χ1v) is 7.51. The van der Waals surface area contributed by atoms with Crippen LogP contribution in [0.2, 0.25) is 0 Å². The van der Waals surface area contributed by atoms with Crippen molar-refractivity contribution in [3.8, 4) is 11.3 Å². The van der Waals surface area contributed by atoms with Gasteiger partial charge in [-0.05, 0) is 12.5 Å². The van der Waals surface area contributed by atoms with Crippen LogP contribution in [0.15, 0.2) is 42.9 Å². The molecule has 5 nitrogen and oxygen atoms in total. The maximum absolute atomic E-state index is 13.1. The second-order valence-corrected chi connectivity index (χ2v) is 5.70. The lowest BCUT2D eigenvalue weighted by Gasteiger charge is -2.22. The summed E-state index contributed by atoms with van der Waals surface area (Å²) in [5.41, 5.74) is 2.01. The highest BCUT2D eigenvalue weighted by Crippen LogP contribution is 2.22. The van der Waals surface area contributed by atoms with E-state index in [0.29, 0.717) is 11.3 Å². The number of aliphatic hydroxyl groups is 1. The van der Waals surface area contributed by atoms with E-state index in [1.807, 2.05) is 0 Å². The molecule has 2 N–H and O–H groups in total. The highest BCUT2D eigenvalue weighted by atomic mass is 35.5. The Kier molecular flexibility index (Phi) is 6.01. The van der Waals surface area contributed by atoms with E-state index in [0.717, 1.165) is 5.56 Å². The Labute approximate surface area is 138 Å². The molecule has 0 spiro atoms. The summed E-state index contributed by atoms with van der Waals surface area (Å²) in [6.45, 7) is 0.580. The van der Waals surface area contributed by atoms with Gasteiger partial charge in [-0.2, -0.15) is 0 Å². The molecule has 1 heterocycles. The molecule has 1 aromatic heterocycles. The number of rotatable bonds is 6. The molecule has 0 radical (unpaired) electrons. The number of carbonyl (C=O) groups excluding carboxylic acids is 1. The van der Waals surface area contributed by atoms with Gasteiger partial charge in [-0.3, -0.25) is 14.8 Å². The van der Waals surface area contributed by atoms with Crippen molar-refractivity contribution in [3.63, 3.8) is 0 Å². The van der Waals surface area contributed by atoms with Crippen LogP contribution in [0.25, 0.3) is 11.3 Å². The lowest BCUT2D eigenvalue weighted by atomic mass is 10.0. The molecule has 0 aliphatic heterocycles. The quantitative estimate of drug-likeness (QED) is 0.793. The zero-order valence-corrected chi connectivity index (χ0v) is 13.2. The van der Waals surface area contributed by atoms with Crippen LogP contribution >= 0.6 is 11.6 Å². The summed E-state index contributed by atoms with van der Waals surface area (Å²) in [4.78, 5) is 19.7. The van der Waals surface area contributed by atoms with Crippen molar-refractivity contribution >= 4 is 17.5 Å². The van der Waals surface area contributed by atoms with Crippen molar-refractivity contribution in [2.75, 3.05) is 6.67 Å². The minimum Gasteiger partial charge on any atom is -0.386 e. The van der Waals surface area contributed by atoms with Crippen molar-refractivity contribution in [2.45, 2.75) is 24.4 Å². The third kappa shape index (κ3) is 4.46. The Morgan fingerprint density at radius 3 is 2.57 bits per heavy atom. The van der Waals surface area contributed by atoms with Crippen LogP contribution in [0, 0.1) is 0 Å². The number of hydrogen-bond acceptors (Lipinski definition) is 4. The Morgan fingerprint density at radius 2 is 2.04 bits per heavy atom. The molecular formula is C16H17ClFN3O2. The van der Waals surface area contributed by atoms with Gasteiger partial charge in [-0.25, -0.2) is 4.39 Å². The third-order valence-corrected chi connectivity index (χ3v) is 3.55. The zero-order chi connectivity index (χ0) is 16.8. The molecule has 0 bridgehead atoms. The van der Waals surface area contributed by atoms with E-state index < -0.39 is 30.1 Å². The maximum Gasteiger partial charge on any atom is 0.238 e. The minimum atomic E-state index is -1.17. The average molecular weight is 338 g/mol. The van der Waals surface area contributed by atoms with Gasteiger partial charge in [0.15, 0.2) is 0 Å². The van der Waals surface area contributed by atoms with Crippen LogP contribution in [0.3, 0.4) is 0 Å². The lowest BCUT2D eigenvalue weighted by molar-refractivity contribution is -0.122. The summed E-state index contributed by atoms with van der Waals surface area (Å²) in [5.74, 6) is -0.524. The van der Waals surface area contributed by atoms with Gasteiger partial charge in [0.1, 0.15) is 18.2 Å². The first-order valence-electron chi connectivity index (χ1n) is 7.07. The Bertz CT molecular complexity index is 638. The molecule has 0 saturated carbocycles. The second kappa shape index (κ2) is 7.99. The second-order valence-electron chi connectivity index (χ2n) is 5.04. The van der Waals surface area contributed by atoms with E-state index in [1.54, 1.807) is 42.9 Å². The Morgan fingerprint density at radius 1 is 1.35 bits per heavy atom. The average Bonchev–Trinajstić information content (AvgIpc) is 2.59. The molecule has 23 heavy (non-hydrogen) atoms. The Balaban J connectivity index is 2.12. The summed E-state index contributed by atoms with van der Waals surface area (Å²) in [6.07, 6.45) is 3.61. The smallest absolute Gasteiger partial charge is 0.238 e. The maximum atomic E-state index is 13.1. The fraction of sp³-hybridized carbons (Fsp3) is 0.312. The van der Waals surface area contributed by atoms with E-state index in [9.17, 15) is 14.3 Å². The van der Waals surface area contributed by atoms with Crippen molar-refractivity contribution in [1.29, 1.82) is 0 Å². The molecule has 7 heteroatoms. The van der Waals surface area contributed by atoms with E-state index >= 15 is 0 Å². The number of aromatic nitrogens is 2. The molecule has 2 rings (SSSR count). The molecule has 122 valence electrons. The van der Waals surface area contributed by atoms with Crippen molar-refractivity contribution in [1.82, 2.24) is 15.3 Å². The number of amides is 1. The number of nitrogens with one attached hydrogen (secondary N) is 1. The van der Waals surface area contributed by atoms with Crippen LogP contribution < -0.4 is 5.32 Å². The van der Waals surface area contributed by atoms with Crippen LogP contribution in [-0.4, -0.2) is 39.1 Å². The zero-order valence-electron chi connectivity index (χ0n) is 12.5. The van der Waals surface area contributed by atoms with Gasteiger partial charge in [-0.1, -0.05) is 24.3 Å². The van der Waals surface area contributed by atoms with E-state index in [4.69, 9.17) is 11.6 Å². The number of benzene rings is 1. The summed E-state index contributed by atoms with van der Waals surface area (Å²) in [7, 11) is 0. The van der Waals surface area contributed by atoms with E-state index in [2.05, 4.69) is 15.3 Å². The van der Waals surface area contributed by atoms with Gasteiger partial charge < -0.3 is 10.4 Å². The number of carbonyl (C=O) groups is 1. The monoisotopic (exact) mass is 337 g/mol. The number of aliphatic hydroxyl groups excluding tert-OH is 1. The molecule has 3 atom stereocenters. The highest BCUT2D eigenvalue weighted by molar-refractivity contribution is 6.30. The molecule has 0 aliphatic carbocycles. The van der Waals surface area contributed by atoms with E-state index in [-0.39, 0.29) is 0 Å². The number of halogens is 2. The molecular weight excluding hydrogens is 321 g/mol. The molecule has 0 saturated heterocycles. The van der Waals surface area contributed by atoms with Crippen LogP contribution in [0.1, 0.15) is 18.6 Å². The molecule has 2 aromatic rings. The van der Waals surface area contributed by atoms with Crippen molar-refractivity contribution in [3.05, 3.63) is 48.4 Å². The Hall–Kier alpha value is -2.05. The first-order chi connectivity index (χ1) is 11.0. The van der Waals surface area contributed by atoms with Crippen LogP contribution in [0.5, 0.6) is 0 Å². The summed E-state index contributed by atoms with van der Waals surface area (Å²) < 4.78 is 13.1.